The molecular formula is C22H33N5S. The van der Waals surface area contributed by atoms with Crippen LogP contribution in [0.15, 0.2) is 40.8 Å². The Morgan fingerprint density at radius 2 is 2.21 bits per heavy atom. The number of pyridine rings is 1. The molecule has 2 aromatic heterocycles. The highest BCUT2D eigenvalue weighted by Crippen LogP contribution is 2.37. The van der Waals surface area contributed by atoms with Crippen LogP contribution in [0.2, 0.25) is 0 Å². The molecular weight excluding hydrogens is 366 g/mol. The quantitative estimate of drug-likeness (QED) is 0.551. The Labute approximate surface area is 173 Å². The Kier molecular flexibility index (Phi) is 7.86. The van der Waals surface area contributed by atoms with Gasteiger partial charge >= 0.3 is 0 Å². The average Bonchev–Trinajstić information content (AvgIpc) is 3.22. The number of nitrogens with zero attached hydrogens (tertiary/aromatic N) is 3. The van der Waals surface area contributed by atoms with Crippen molar-refractivity contribution >= 4 is 17.3 Å². The van der Waals surface area contributed by atoms with Crippen molar-refractivity contribution in [1.29, 1.82) is 0 Å². The van der Waals surface area contributed by atoms with Crippen molar-refractivity contribution < 1.29 is 0 Å². The second kappa shape index (κ2) is 10.6. The Morgan fingerprint density at radius 3 is 2.93 bits per heavy atom. The molecule has 6 heteroatoms. The maximum atomic E-state index is 4.93. The van der Waals surface area contributed by atoms with E-state index >= 15 is 0 Å². The number of aliphatic imine (C=N–C) groups is 1. The number of aromatic nitrogens is 1. The predicted octanol–water partition coefficient (Wildman–Crippen LogP) is 3.63. The van der Waals surface area contributed by atoms with Gasteiger partial charge < -0.3 is 10.6 Å². The lowest BCUT2D eigenvalue weighted by atomic mass is 9.88. The van der Waals surface area contributed by atoms with E-state index in [0.717, 1.165) is 37.7 Å². The molecule has 0 aliphatic carbocycles. The van der Waals surface area contributed by atoms with E-state index in [1.165, 1.54) is 29.8 Å². The number of thiophene rings is 1. The van der Waals surface area contributed by atoms with Gasteiger partial charge in [-0.05, 0) is 75.7 Å². The van der Waals surface area contributed by atoms with E-state index in [9.17, 15) is 0 Å². The minimum Gasteiger partial charge on any atom is -0.357 e. The lowest BCUT2D eigenvalue weighted by molar-refractivity contribution is 0.128. The number of hydrogen-bond acceptors (Lipinski definition) is 4. The molecule has 1 aliphatic heterocycles. The topological polar surface area (TPSA) is 52.6 Å². The van der Waals surface area contributed by atoms with E-state index in [0.29, 0.717) is 12.0 Å². The van der Waals surface area contributed by atoms with Gasteiger partial charge in [0.1, 0.15) is 0 Å². The van der Waals surface area contributed by atoms with Crippen LogP contribution in [0.3, 0.4) is 0 Å². The number of guanidine groups is 1. The minimum atomic E-state index is 0.485. The van der Waals surface area contributed by atoms with Gasteiger partial charge in [0.05, 0.1) is 0 Å². The SMILES string of the molecule is CCNC(=NCC1CCCN(C)C1c1cccs1)NCCc1ccc(C)nc1. The molecule has 0 aromatic carbocycles. The normalized spacial score (nSPS) is 20.9. The summed E-state index contributed by atoms with van der Waals surface area (Å²) in [7, 11) is 2.25. The van der Waals surface area contributed by atoms with Crippen LogP contribution in [0.5, 0.6) is 0 Å². The second-order valence-electron chi connectivity index (χ2n) is 7.55. The Balaban J connectivity index is 1.58. The summed E-state index contributed by atoms with van der Waals surface area (Å²) >= 11 is 1.87. The summed E-state index contributed by atoms with van der Waals surface area (Å²) in [6.07, 6.45) is 5.40. The van der Waals surface area contributed by atoms with Crippen molar-refractivity contribution in [2.24, 2.45) is 10.9 Å². The van der Waals surface area contributed by atoms with Gasteiger partial charge in [0, 0.05) is 42.4 Å². The maximum absolute atomic E-state index is 4.93. The second-order valence-corrected chi connectivity index (χ2v) is 8.53. The molecule has 2 unspecified atom stereocenters. The zero-order chi connectivity index (χ0) is 19.8. The number of nitrogens with one attached hydrogen (secondary N) is 2. The summed E-state index contributed by atoms with van der Waals surface area (Å²) in [6.45, 7) is 7.89. The Bertz CT molecular complexity index is 726. The molecule has 0 amide bonds. The standard InChI is InChI=1S/C22H33N5S/c1-4-23-22(24-12-11-18-10-9-17(2)25-15-18)26-16-19-7-5-13-27(3)21(19)20-8-6-14-28-20/h6,8-10,14-15,19,21H,4-5,7,11-13,16H2,1-3H3,(H2,23,24,26). The van der Waals surface area contributed by atoms with Gasteiger partial charge in [0.25, 0.3) is 0 Å². The highest BCUT2D eigenvalue weighted by atomic mass is 32.1. The highest BCUT2D eigenvalue weighted by molar-refractivity contribution is 7.10. The van der Waals surface area contributed by atoms with E-state index in [4.69, 9.17) is 4.99 Å². The van der Waals surface area contributed by atoms with Gasteiger partial charge in [-0.15, -0.1) is 11.3 Å². The van der Waals surface area contributed by atoms with Crippen LogP contribution in [0.4, 0.5) is 0 Å². The van der Waals surface area contributed by atoms with Gasteiger partial charge in [-0.2, -0.15) is 0 Å². The van der Waals surface area contributed by atoms with Crippen LogP contribution in [0, 0.1) is 12.8 Å². The van der Waals surface area contributed by atoms with Crippen LogP contribution in [0.1, 0.15) is 41.9 Å². The van der Waals surface area contributed by atoms with E-state index in [1.807, 2.05) is 24.5 Å². The Hall–Kier alpha value is -1.92. The molecule has 0 bridgehead atoms. The molecule has 3 rings (SSSR count). The maximum Gasteiger partial charge on any atom is 0.191 e. The molecule has 1 aliphatic rings. The molecule has 2 atom stereocenters. The first-order valence-corrected chi connectivity index (χ1v) is 11.2. The van der Waals surface area contributed by atoms with Gasteiger partial charge in [0.2, 0.25) is 0 Å². The monoisotopic (exact) mass is 399 g/mol. The van der Waals surface area contributed by atoms with Gasteiger partial charge in [0.15, 0.2) is 5.96 Å². The first-order valence-electron chi connectivity index (χ1n) is 10.3. The van der Waals surface area contributed by atoms with E-state index < -0.39 is 0 Å². The van der Waals surface area contributed by atoms with E-state index in [2.05, 4.69) is 64.1 Å². The number of piperidine rings is 1. The molecule has 5 nitrogen and oxygen atoms in total. The average molecular weight is 400 g/mol. The summed E-state index contributed by atoms with van der Waals surface area (Å²) in [4.78, 5) is 13.3. The molecule has 1 saturated heterocycles. The highest BCUT2D eigenvalue weighted by Gasteiger charge is 2.31. The van der Waals surface area contributed by atoms with Gasteiger partial charge in [-0.25, -0.2) is 0 Å². The number of likely N-dealkylation sites (tertiary alicyclic amines) is 1. The summed E-state index contributed by atoms with van der Waals surface area (Å²) in [5.41, 5.74) is 2.31. The first kappa shape index (κ1) is 20.8. The predicted molar refractivity (Wildman–Crippen MR) is 119 cm³/mol. The molecule has 152 valence electrons. The third-order valence-corrected chi connectivity index (χ3v) is 6.29. The molecule has 28 heavy (non-hydrogen) atoms. The van der Waals surface area contributed by atoms with Crippen LogP contribution in [0.25, 0.3) is 0 Å². The smallest absolute Gasteiger partial charge is 0.191 e. The molecule has 2 N–H and O–H groups in total. The zero-order valence-corrected chi connectivity index (χ0v) is 18.1. The number of rotatable bonds is 7. The van der Waals surface area contributed by atoms with E-state index in [-0.39, 0.29) is 0 Å². The van der Waals surface area contributed by atoms with Crippen molar-refractivity contribution in [3.63, 3.8) is 0 Å². The summed E-state index contributed by atoms with van der Waals surface area (Å²) < 4.78 is 0. The third kappa shape index (κ3) is 5.79. The summed E-state index contributed by atoms with van der Waals surface area (Å²) in [6, 6.07) is 9.14. The number of hydrogen-bond donors (Lipinski definition) is 2. The largest absolute Gasteiger partial charge is 0.357 e. The lowest BCUT2D eigenvalue weighted by Crippen LogP contribution is -2.40. The summed E-state index contributed by atoms with van der Waals surface area (Å²) in [5, 5.41) is 9.06. The fourth-order valence-electron chi connectivity index (χ4n) is 3.88. The fourth-order valence-corrected chi connectivity index (χ4v) is 4.87. The van der Waals surface area contributed by atoms with Crippen molar-refractivity contribution in [3.8, 4) is 0 Å². The van der Waals surface area contributed by atoms with Gasteiger partial charge in [-0.1, -0.05) is 12.1 Å². The fraction of sp³-hybridized carbons (Fsp3) is 0.545. The molecule has 0 saturated carbocycles. The Morgan fingerprint density at radius 1 is 1.32 bits per heavy atom. The van der Waals surface area contributed by atoms with Crippen molar-refractivity contribution in [3.05, 3.63) is 52.0 Å². The van der Waals surface area contributed by atoms with Gasteiger partial charge in [-0.3, -0.25) is 14.9 Å². The van der Waals surface area contributed by atoms with Crippen LogP contribution < -0.4 is 10.6 Å². The molecule has 0 spiro atoms. The number of aryl methyl sites for hydroxylation is 1. The lowest BCUT2D eigenvalue weighted by Gasteiger charge is -2.38. The summed E-state index contributed by atoms with van der Waals surface area (Å²) in [5.74, 6) is 1.48. The van der Waals surface area contributed by atoms with E-state index in [1.54, 1.807) is 0 Å². The molecule has 1 fully saturated rings. The van der Waals surface area contributed by atoms with Crippen molar-refractivity contribution in [2.45, 2.75) is 39.2 Å². The molecule has 2 aromatic rings. The van der Waals surface area contributed by atoms with Crippen LogP contribution >= 0.6 is 11.3 Å². The first-order chi connectivity index (χ1) is 13.7. The van der Waals surface area contributed by atoms with Crippen LogP contribution in [-0.4, -0.2) is 49.1 Å². The minimum absolute atomic E-state index is 0.485. The van der Waals surface area contributed by atoms with Crippen molar-refractivity contribution in [1.82, 2.24) is 20.5 Å². The molecule has 0 radical (unpaired) electrons. The third-order valence-electron chi connectivity index (χ3n) is 5.35. The van der Waals surface area contributed by atoms with Crippen molar-refractivity contribution in [2.75, 3.05) is 33.2 Å². The molecule has 3 heterocycles. The zero-order valence-electron chi connectivity index (χ0n) is 17.3. The van der Waals surface area contributed by atoms with Crippen LogP contribution in [-0.2, 0) is 6.42 Å².